The van der Waals surface area contributed by atoms with Gasteiger partial charge in [-0.3, -0.25) is 15.0 Å². The number of amides is 1. The lowest BCUT2D eigenvalue weighted by molar-refractivity contribution is -0.117. The Bertz CT molecular complexity index is 650. The first-order chi connectivity index (χ1) is 11.7. The smallest absolute Gasteiger partial charge is 0.240 e. The Morgan fingerprint density at radius 2 is 2.00 bits per heavy atom. The Morgan fingerprint density at radius 1 is 1.25 bits per heavy atom. The molecule has 1 aliphatic heterocycles. The van der Waals surface area contributed by atoms with Crippen LogP contribution in [0.2, 0.25) is 0 Å². The molecule has 2 aromatic rings. The molecule has 128 valence electrons. The van der Waals surface area contributed by atoms with Gasteiger partial charge in [-0.05, 0) is 50.3 Å². The molecule has 1 aliphatic rings. The van der Waals surface area contributed by atoms with Crippen molar-refractivity contribution < 1.29 is 4.79 Å². The van der Waals surface area contributed by atoms with Crippen molar-refractivity contribution in [2.75, 3.05) is 25.0 Å². The summed E-state index contributed by atoms with van der Waals surface area (Å²) in [4.78, 5) is 14.4. The number of carbonyl (C=O) groups excluding carboxylic acids is 1. The van der Waals surface area contributed by atoms with Crippen molar-refractivity contribution in [3.8, 4) is 0 Å². The molecular weight excluding hydrogens is 320 g/mol. The van der Waals surface area contributed by atoms with Crippen LogP contribution in [0.3, 0.4) is 0 Å². The van der Waals surface area contributed by atoms with E-state index in [4.69, 9.17) is 0 Å². The van der Waals surface area contributed by atoms with Crippen LogP contribution < -0.4 is 5.32 Å². The van der Waals surface area contributed by atoms with Crippen LogP contribution in [0.4, 0.5) is 5.13 Å². The number of nitrogens with zero attached hydrogens (tertiary/aromatic N) is 3. The Balaban J connectivity index is 1.41. The zero-order valence-electron chi connectivity index (χ0n) is 14.1. The van der Waals surface area contributed by atoms with Gasteiger partial charge in [-0.1, -0.05) is 48.6 Å². The highest BCUT2D eigenvalue weighted by atomic mass is 32.1. The van der Waals surface area contributed by atoms with Gasteiger partial charge >= 0.3 is 0 Å². The highest BCUT2D eigenvalue weighted by molar-refractivity contribution is 7.15. The fourth-order valence-corrected chi connectivity index (χ4v) is 3.80. The zero-order chi connectivity index (χ0) is 16.8. The first-order valence-electron chi connectivity index (χ1n) is 8.61. The zero-order valence-corrected chi connectivity index (χ0v) is 14.9. The van der Waals surface area contributed by atoms with E-state index in [-0.39, 0.29) is 5.91 Å². The van der Waals surface area contributed by atoms with Gasteiger partial charge in [-0.25, -0.2) is 0 Å². The lowest BCUT2D eigenvalue weighted by Crippen LogP contribution is -2.39. The van der Waals surface area contributed by atoms with Crippen molar-refractivity contribution in [3.63, 3.8) is 0 Å². The molecule has 0 unspecified atom stereocenters. The molecule has 24 heavy (non-hydrogen) atoms. The molecule has 0 aliphatic carbocycles. The van der Waals surface area contributed by atoms with E-state index in [1.165, 1.54) is 16.9 Å². The lowest BCUT2D eigenvalue weighted by atomic mass is 9.90. The number of piperidine rings is 1. The first kappa shape index (κ1) is 17.0. The van der Waals surface area contributed by atoms with Crippen LogP contribution in [-0.2, 0) is 17.6 Å². The van der Waals surface area contributed by atoms with E-state index in [1.54, 1.807) is 0 Å². The molecule has 1 fully saturated rings. The predicted octanol–water partition coefficient (Wildman–Crippen LogP) is 2.99. The van der Waals surface area contributed by atoms with Crippen molar-refractivity contribution in [2.24, 2.45) is 5.92 Å². The Labute approximate surface area is 147 Å². The van der Waals surface area contributed by atoms with Gasteiger partial charge in [0.2, 0.25) is 11.0 Å². The van der Waals surface area contributed by atoms with Crippen LogP contribution >= 0.6 is 11.3 Å². The second-order valence-corrected chi connectivity index (χ2v) is 7.37. The molecule has 3 rings (SSSR count). The number of aryl methyl sites for hydroxylation is 1. The average Bonchev–Trinajstić information content (AvgIpc) is 3.05. The maximum atomic E-state index is 12.1. The van der Waals surface area contributed by atoms with Crippen LogP contribution in [0.5, 0.6) is 0 Å². The van der Waals surface area contributed by atoms with Gasteiger partial charge in [0, 0.05) is 0 Å². The number of anilines is 1. The number of likely N-dealkylation sites (tertiary alicyclic amines) is 1. The molecule has 1 N–H and O–H groups in total. The topological polar surface area (TPSA) is 58.1 Å². The average molecular weight is 344 g/mol. The molecular formula is C18H24N4OS. The molecule has 0 spiro atoms. The van der Waals surface area contributed by atoms with E-state index in [2.05, 4.69) is 50.7 Å². The number of hydrogen-bond donors (Lipinski definition) is 1. The summed E-state index contributed by atoms with van der Waals surface area (Å²) in [5.74, 6) is 0.734. The Morgan fingerprint density at radius 3 is 2.67 bits per heavy atom. The minimum Gasteiger partial charge on any atom is -0.299 e. The van der Waals surface area contributed by atoms with E-state index < -0.39 is 0 Å². The van der Waals surface area contributed by atoms with E-state index in [1.807, 2.05) is 6.92 Å². The van der Waals surface area contributed by atoms with Crippen molar-refractivity contribution in [1.29, 1.82) is 0 Å². The van der Waals surface area contributed by atoms with Crippen molar-refractivity contribution in [1.82, 2.24) is 15.1 Å². The standard InChI is InChI=1S/C18H24N4OS/c1-2-17-20-21-18(24-17)19-16(23)13-22-10-8-15(9-11-22)12-14-6-4-3-5-7-14/h3-7,15H,2,8-13H2,1H3,(H,19,21,23). The van der Waals surface area contributed by atoms with Gasteiger partial charge < -0.3 is 0 Å². The molecule has 1 saturated heterocycles. The van der Waals surface area contributed by atoms with Gasteiger partial charge in [0.1, 0.15) is 5.01 Å². The number of benzene rings is 1. The minimum absolute atomic E-state index is 0.00955. The SMILES string of the molecule is CCc1nnc(NC(=O)CN2CCC(Cc3ccccc3)CC2)s1. The fourth-order valence-electron chi connectivity index (χ4n) is 3.10. The minimum atomic E-state index is 0.00955. The number of rotatable bonds is 6. The summed E-state index contributed by atoms with van der Waals surface area (Å²) in [6.45, 7) is 4.45. The second kappa shape index (κ2) is 8.35. The fraction of sp³-hybridized carbons (Fsp3) is 0.500. The van der Waals surface area contributed by atoms with Gasteiger partial charge in [0.15, 0.2) is 0 Å². The number of aromatic nitrogens is 2. The van der Waals surface area contributed by atoms with Crippen LogP contribution in [-0.4, -0.2) is 40.6 Å². The molecule has 2 heterocycles. The molecule has 1 amide bonds. The molecule has 0 bridgehead atoms. The van der Waals surface area contributed by atoms with Gasteiger partial charge in [-0.15, -0.1) is 10.2 Å². The van der Waals surface area contributed by atoms with Crippen LogP contribution in [0.15, 0.2) is 30.3 Å². The summed E-state index contributed by atoms with van der Waals surface area (Å²) in [6, 6.07) is 10.7. The van der Waals surface area contributed by atoms with E-state index in [9.17, 15) is 4.79 Å². The van der Waals surface area contributed by atoms with Crippen LogP contribution in [0.25, 0.3) is 0 Å². The van der Waals surface area contributed by atoms with Crippen LogP contribution in [0.1, 0.15) is 30.3 Å². The van der Waals surface area contributed by atoms with Crippen LogP contribution in [0, 0.1) is 5.92 Å². The largest absolute Gasteiger partial charge is 0.299 e. The third kappa shape index (κ3) is 4.85. The molecule has 0 radical (unpaired) electrons. The maximum absolute atomic E-state index is 12.1. The van der Waals surface area contributed by atoms with E-state index in [0.29, 0.717) is 11.7 Å². The molecule has 0 saturated carbocycles. The molecule has 1 aromatic heterocycles. The van der Waals surface area contributed by atoms with E-state index in [0.717, 1.165) is 49.7 Å². The summed E-state index contributed by atoms with van der Waals surface area (Å²) in [6.07, 6.45) is 4.30. The lowest BCUT2D eigenvalue weighted by Gasteiger charge is -2.31. The third-order valence-corrected chi connectivity index (χ3v) is 5.44. The van der Waals surface area contributed by atoms with Gasteiger partial charge in [0.05, 0.1) is 6.54 Å². The van der Waals surface area contributed by atoms with Crippen molar-refractivity contribution >= 4 is 22.4 Å². The first-order valence-corrected chi connectivity index (χ1v) is 9.43. The van der Waals surface area contributed by atoms with Gasteiger partial charge in [0.25, 0.3) is 0 Å². The summed E-state index contributed by atoms with van der Waals surface area (Å²) < 4.78 is 0. The third-order valence-electron chi connectivity index (χ3n) is 4.46. The summed E-state index contributed by atoms with van der Waals surface area (Å²) in [5, 5.41) is 12.4. The highest BCUT2D eigenvalue weighted by Gasteiger charge is 2.21. The molecule has 5 nitrogen and oxygen atoms in total. The van der Waals surface area contributed by atoms with Gasteiger partial charge in [-0.2, -0.15) is 0 Å². The number of hydrogen-bond acceptors (Lipinski definition) is 5. The molecule has 1 aromatic carbocycles. The molecule has 0 atom stereocenters. The predicted molar refractivity (Wildman–Crippen MR) is 97.2 cm³/mol. The monoisotopic (exact) mass is 344 g/mol. The van der Waals surface area contributed by atoms with E-state index >= 15 is 0 Å². The normalized spacial score (nSPS) is 16.2. The summed E-state index contributed by atoms with van der Waals surface area (Å²) in [7, 11) is 0. The summed E-state index contributed by atoms with van der Waals surface area (Å²) >= 11 is 1.45. The number of carbonyl (C=O) groups is 1. The Hall–Kier alpha value is -1.79. The quantitative estimate of drug-likeness (QED) is 0.875. The van der Waals surface area contributed by atoms with Crippen molar-refractivity contribution in [2.45, 2.75) is 32.6 Å². The summed E-state index contributed by atoms with van der Waals surface area (Å²) in [5.41, 5.74) is 1.41. The Kier molecular flexibility index (Phi) is 5.93. The maximum Gasteiger partial charge on any atom is 0.240 e. The molecule has 6 heteroatoms. The highest BCUT2D eigenvalue weighted by Crippen LogP contribution is 2.22. The van der Waals surface area contributed by atoms with Crippen molar-refractivity contribution in [3.05, 3.63) is 40.9 Å². The number of nitrogens with one attached hydrogen (secondary N) is 1. The second-order valence-electron chi connectivity index (χ2n) is 6.31.